The van der Waals surface area contributed by atoms with Crippen LogP contribution in [0.2, 0.25) is 0 Å². The first-order valence-electron chi connectivity index (χ1n) is 14.4. The molecule has 6 rings (SSSR count). The number of nitrogens with zero attached hydrogens (tertiary/aromatic N) is 3. The van der Waals surface area contributed by atoms with E-state index in [9.17, 15) is 9.59 Å². The Hall–Kier alpha value is -4.69. The van der Waals surface area contributed by atoms with Gasteiger partial charge in [0.05, 0.1) is 29.0 Å². The number of carbonyl (C=O) groups is 1. The Morgan fingerprint density at radius 1 is 0.953 bits per heavy atom. The second kappa shape index (κ2) is 11.5. The average Bonchev–Trinajstić information content (AvgIpc) is 3.46. The Labute approximate surface area is 253 Å². The number of rotatable bonds is 7. The zero-order valence-corrected chi connectivity index (χ0v) is 25.7. The third-order valence-corrected chi connectivity index (χ3v) is 8.76. The van der Waals surface area contributed by atoms with Gasteiger partial charge in [-0.1, -0.05) is 59.9 Å². The van der Waals surface area contributed by atoms with Crippen molar-refractivity contribution in [3.63, 3.8) is 0 Å². The van der Waals surface area contributed by atoms with Crippen LogP contribution in [0.1, 0.15) is 49.3 Å². The van der Waals surface area contributed by atoms with Crippen LogP contribution in [0.4, 0.5) is 0 Å². The highest BCUT2D eigenvalue weighted by Crippen LogP contribution is 2.36. The van der Waals surface area contributed by atoms with Crippen LogP contribution in [-0.4, -0.2) is 28.3 Å². The molecule has 0 radical (unpaired) electrons. The third kappa shape index (κ3) is 5.02. The van der Waals surface area contributed by atoms with Crippen molar-refractivity contribution in [1.82, 2.24) is 9.13 Å². The molecule has 0 N–H and O–H groups in total. The topological polar surface area (TPSA) is 74.8 Å². The van der Waals surface area contributed by atoms with Gasteiger partial charge in [0, 0.05) is 22.6 Å². The summed E-state index contributed by atoms with van der Waals surface area (Å²) in [7, 11) is 0. The Bertz CT molecular complexity index is 2100. The van der Waals surface area contributed by atoms with Crippen LogP contribution in [0.3, 0.4) is 0 Å². The summed E-state index contributed by atoms with van der Waals surface area (Å²) in [5.74, 6) is 0.119. The number of hydrogen-bond acceptors (Lipinski definition) is 6. The van der Waals surface area contributed by atoms with Crippen molar-refractivity contribution in [3.8, 4) is 11.4 Å². The maximum atomic E-state index is 14.2. The molecule has 0 amide bonds. The van der Waals surface area contributed by atoms with Crippen molar-refractivity contribution in [2.75, 3.05) is 13.2 Å². The number of ether oxygens (including phenoxy) is 2. The van der Waals surface area contributed by atoms with Gasteiger partial charge in [0.2, 0.25) is 0 Å². The monoisotopic (exact) mass is 591 g/mol. The van der Waals surface area contributed by atoms with Gasteiger partial charge in [-0.25, -0.2) is 9.79 Å². The molecule has 218 valence electrons. The van der Waals surface area contributed by atoms with Gasteiger partial charge < -0.3 is 14.0 Å². The van der Waals surface area contributed by atoms with E-state index in [1.54, 1.807) is 18.4 Å². The molecule has 1 atom stereocenters. The number of allylic oxidation sites excluding steroid dienone is 1. The summed E-state index contributed by atoms with van der Waals surface area (Å²) in [5.41, 5.74) is 5.46. The number of thiazole rings is 1. The lowest BCUT2D eigenvalue weighted by Gasteiger charge is -2.26. The second-order valence-corrected chi connectivity index (χ2v) is 11.5. The van der Waals surface area contributed by atoms with Crippen molar-refractivity contribution >= 4 is 34.2 Å². The zero-order chi connectivity index (χ0) is 30.2. The minimum Gasteiger partial charge on any atom is -0.494 e. The minimum atomic E-state index is -0.731. The van der Waals surface area contributed by atoms with E-state index in [-0.39, 0.29) is 12.2 Å². The van der Waals surface area contributed by atoms with E-state index in [4.69, 9.17) is 14.5 Å². The highest BCUT2D eigenvalue weighted by Gasteiger charge is 2.35. The fourth-order valence-corrected chi connectivity index (χ4v) is 6.90. The van der Waals surface area contributed by atoms with E-state index in [1.165, 1.54) is 22.1 Å². The van der Waals surface area contributed by atoms with Gasteiger partial charge in [-0.15, -0.1) is 0 Å². The lowest BCUT2D eigenvalue weighted by Crippen LogP contribution is -2.40. The van der Waals surface area contributed by atoms with Gasteiger partial charge in [-0.05, 0) is 81.3 Å². The molecule has 43 heavy (non-hydrogen) atoms. The normalized spacial score (nSPS) is 15.0. The van der Waals surface area contributed by atoms with Gasteiger partial charge >= 0.3 is 5.97 Å². The van der Waals surface area contributed by atoms with Gasteiger partial charge in [-0.2, -0.15) is 0 Å². The van der Waals surface area contributed by atoms with Crippen molar-refractivity contribution in [2.24, 2.45) is 4.99 Å². The van der Waals surface area contributed by atoms with Crippen LogP contribution in [-0.2, 0) is 9.53 Å². The molecule has 7 nitrogen and oxygen atoms in total. The molecular formula is C35H33N3O4S. The lowest BCUT2D eigenvalue weighted by molar-refractivity contribution is -0.139. The summed E-state index contributed by atoms with van der Waals surface area (Å²) in [6.45, 7) is 10.3. The Morgan fingerprint density at radius 2 is 1.70 bits per heavy atom. The molecule has 0 aliphatic carbocycles. The van der Waals surface area contributed by atoms with Gasteiger partial charge in [-0.3, -0.25) is 9.36 Å². The Balaban J connectivity index is 1.52. The van der Waals surface area contributed by atoms with E-state index in [1.807, 2.05) is 49.4 Å². The summed E-state index contributed by atoms with van der Waals surface area (Å²) in [5, 5.41) is 2.36. The summed E-state index contributed by atoms with van der Waals surface area (Å²) >= 11 is 1.32. The first-order valence-corrected chi connectivity index (χ1v) is 15.2. The van der Waals surface area contributed by atoms with E-state index >= 15 is 0 Å². The molecule has 3 aromatic carbocycles. The molecule has 0 bridgehead atoms. The second-order valence-electron chi connectivity index (χ2n) is 10.5. The number of esters is 1. The molecule has 1 aliphatic heterocycles. The minimum absolute atomic E-state index is 0.215. The van der Waals surface area contributed by atoms with Gasteiger partial charge in [0.25, 0.3) is 5.56 Å². The summed E-state index contributed by atoms with van der Waals surface area (Å²) < 4.78 is 15.7. The number of fused-ring (bicyclic) bond motifs is 2. The molecule has 8 heteroatoms. The van der Waals surface area contributed by atoms with E-state index in [0.717, 1.165) is 22.6 Å². The number of benzene rings is 3. The number of aromatic nitrogens is 2. The molecule has 0 spiro atoms. The maximum absolute atomic E-state index is 14.2. The van der Waals surface area contributed by atoms with Gasteiger partial charge in [0.1, 0.15) is 11.8 Å². The van der Waals surface area contributed by atoms with Crippen molar-refractivity contribution in [1.29, 1.82) is 0 Å². The zero-order valence-electron chi connectivity index (χ0n) is 24.9. The summed E-state index contributed by atoms with van der Waals surface area (Å²) in [4.78, 5) is 32.7. The van der Waals surface area contributed by atoms with Crippen LogP contribution < -0.4 is 19.6 Å². The number of hydrogen-bond donors (Lipinski definition) is 0. The summed E-state index contributed by atoms with van der Waals surface area (Å²) in [6.07, 6.45) is 1.93. The number of para-hydroxylation sites is 1. The molecule has 3 heterocycles. The average molecular weight is 592 g/mol. The van der Waals surface area contributed by atoms with Crippen LogP contribution in [0.25, 0.3) is 22.5 Å². The van der Waals surface area contributed by atoms with Crippen LogP contribution in [0.5, 0.6) is 5.75 Å². The molecule has 0 saturated carbocycles. The molecule has 2 aromatic heterocycles. The molecule has 0 fully saturated rings. The molecular weight excluding hydrogens is 558 g/mol. The fourth-order valence-electron chi connectivity index (χ4n) is 5.87. The molecule has 0 unspecified atom stereocenters. The Kier molecular flexibility index (Phi) is 7.62. The standard InChI is InChI=1S/C35H33N3O4S/c1-6-41-29-15-11-10-14-28(29)32-31(34(40)42-7-2)22(4)36-35-38(32)33(39)30(43-35)20-26-18-21(3)37(23(26)5)27-17-16-24-12-8-9-13-25(24)19-27/h8-20,32H,6-7H2,1-5H3/b30-20-/t32-/m0/s1. The van der Waals surface area contributed by atoms with Crippen LogP contribution in [0, 0.1) is 13.8 Å². The fraction of sp³-hybridized carbons (Fsp3) is 0.229. The molecule has 0 saturated heterocycles. The highest BCUT2D eigenvalue weighted by molar-refractivity contribution is 7.07. The van der Waals surface area contributed by atoms with Crippen molar-refractivity contribution in [2.45, 2.75) is 40.7 Å². The molecule has 1 aliphatic rings. The SMILES string of the molecule is CCOC(=O)C1=C(C)N=c2s/c(=C\c3cc(C)n(-c4ccc5ccccc5c4)c3C)c(=O)n2[C@H]1c1ccccc1OCC. The molecule has 5 aromatic rings. The maximum Gasteiger partial charge on any atom is 0.338 e. The Morgan fingerprint density at radius 3 is 2.47 bits per heavy atom. The number of aryl methyl sites for hydroxylation is 1. The third-order valence-electron chi connectivity index (χ3n) is 7.78. The van der Waals surface area contributed by atoms with Crippen molar-refractivity contribution < 1.29 is 14.3 Å². The van der Waals surface area contributed by atoms with E-state index in [2.05, 4.69) is 54.8 Å². The van der Waals surface area contributed by atoms with Crippen LogP contribution in [0.15, 0.2) is 93.9 Å². The van der Waals surface area contributed by atoms with E-state index in [0.29, 0.717) is 38.5 Å². The summed E-state index contributed by atoms with van der Waals surface area (Å²) in [6, 6.07) is 23.6. The lowest BCUT2D eigenvalue weighted by atomic mass is 9.95. The predicted molar refractivity (Wildman–Crippen MR) is 171 cm³/mol. The number of carbonyl (C=O) groups excluding carboxylic acids is 1. The first kappa shape index (κ1) is 28.4. The predicted octanol–water partition coefficient (Wildman–Crippen LogP) is 5.76. The van der Waals surface area contributed by atoms with Crippen LogP contribution >= 0.6 is 11.3 Å². The first-order chi connectivity index (χ1) is 20.8. The van der Waals surface area contributed by atoms with E-state index < -0.39 is 12.0 Å². The smallest absolute Gasteiger partial charge is 0.338 e. The largest absolute Gasteiger partial charge is 0.494 e. The quantitative estimate of drug-likeness (QED) is 0.226. The van der Waals surface area contributed by atoms with Crippen molar-refractivity contribution in [3.05, 3.63) is 126 Å². The van der Waals surface area contributed by atoms with Gasteiger partial charge in [0.15, 0.2) is 4.80 Å². The highest BCUT2D eigenvalue weighted by atomic mass is 32.1.